The minimum absolute atomic E-state index is 0.106. The molecule has 3 rings (SSSR count). The number of hydrogen-bond acceptors (Lipinski definition) is 5. The molecule has 0 aliphatic heterocycles. The molecule has 2 aromatic carbocycles. The fraction of sp³-hybridized carbons (Fsp3) is 0.0500. The average Bonchev–Trinajstić information content (AvgIpc) is 2.71. The second kappa shape index (κ2) is 8.26. The molecule has 0 aliphatic rings. The van der Waals surface area contributed by atoms with Gasteiger partial charge in [-0.15, -0.1) is 0 Å². The molecular weight excluding hydrogens is 368 g/mol. The lowest BCUT2D eigenvalue weighted by molar-refractivity contribution is 0.0601. The third kappa shape index (κ3) is 4.12. The highest BCUT2D eigenvalue weighted by Gasteiger charge is 2.15. The molecule has 1 amide bonds. The Morgan fingerprint density at radius 1 is 0.964 bits per heavy atom. The number of rotatable bonds is 5. The summed E-state index contributed by atoms with van der Waals surface area (Å²) >= 11 is 0. The number of amides is 1. The highest BCUT2D eigenvalue weighted by molar-refractivity contribution is 6.04. The van der Waals surface area contributed by atoms with Crippen molar-refractivity contribution in [3.8, 4) is 0 Å². The molecule has 28 heavy (non-hydrogen) atoms. The van der Waals surface area contributed by atoms with E-state index in [2.05, 4.69) is 15.6 Å². The van der Waals surface area contributed by atoms with E-state index in [1.807, 2.05) is 0 Å². The molecule has 0 atom stereocenters. The van der Waals surface area contributed by atoms with E-state index in [0.29, 0.717) is 17.1 Å². The Balaban J connectivity index is 1.76. The summed E-state index contributed by atoms with van der Waals surface area (Å²) < 4.78 is 32.0. The smallest absolute Gasteiger partial charge is 0.339 e. The van der Waals surface area contributed by atoms with E-state index in [1.54, 1.807) is 24.3 Å². The van der Waals surface area contributed by atoms with Crippen LogP contribution in [0, 0.1) is 11.6 Å². The maximum atomic E-state index is 13.6. The second-order valence-electron chi connectivity index (χ2n) is 5.65. The first kappa shape index (κ1) is 19.0. The first-order valence-corrected chi connectivity index (χ1v) is 8.15. The van der Waals surface area contributed by atoms with Crippen LogP contribution < -0.4 is 10.6 Å². The normalized spacial score (nSPS) is 10.2. The van der Waals surface area contributed by atoms with Crippen molar-refractivity contribution >= 4 is 29.1 Å². The molecule has 0 saturated carbocycles. The molecule has 0 radical (unpaired) electrons. The highest BCUT2D eigenvalue weighted by Crippen LogP contribution is 2.22. The summed E-state index contributed by atoms with van der Waals surface area (Å²) in [6, 6.07) is 12.9. The minimum atomic E-state index is -0.876. The van der Waals surface area contributed by atoms with Crippen LogP contribution in [0.5, 0.6) is 0 Å². The van der Waals surface area contributed by atoms with Gasteiger partial charge in [-0.05, 0) is 36.4 Å². The Morgan fingerprint density at radius 3 is 2.32 bits per heavy atom. The van der Waals surface area contributed by atoms with Gasteiger partial charge in [0.1, 0.15) is 23.1 Å². The first-order chi connectivity index (χ1) is 13.5. The number of nitrogens with one attached hydrogen (secondary N) is 2. The summed E-state index contributed by atoms with van der Waals surface area (Å²) in [6.45, 7) is 0. The number of anilines is 3. The van der Waals surface area contributed by atoms with Crippen LogP contribution in [0.3, 0.4) is 0 Å². The minimum Gasteiger partial charge on any atom is -0.465 e. The number of methoxy groups -OCH3 is 1. The molecule has 8 heteroatoms. The van der Waals surface area contributed by atoms with Crippen molar-refractivity contribution in [1.82, 2.24) is 4.98 Å². The summed E-state index contributed by atoms with van der Waals surface area (Å²) in [6.07, 6.45) is 1.25. The van der Waals surface area contributed by atoms with Crippen molar-refractivity contribution in [2.45, 2.75) is 0 Å². The summed E-state index contributed by atoms with van der Waals surface area (Å²) in [5.74, 6) is -2.60. The molecule has 142 valence electrons. The molecule has 1 aromatic heterocycles. The number of nitrogens with zero attached hydrogens (tertiary/aromatic N) is 1. The highest BCUT2D eigenvalue weighted by atomic mass is 19.1. The van der Waals surface area contributed by atoms with Crippen LogP contribution in [0.15, 0.2) is 60.8 Å². The third-order valence-electron chi connectivity index (χ3n) is 3.82. The zero-order valence-corrected chi connectivity index (χ0v) is 14.7. The Labute approximate surface area is 159 Å². The summed E-state index contributed by atoms with van der Waals surface area (Å²) in [5, 5.41) is 5.14. The summed E-state index contributed by atoms with van der Waals surface area (Å²) in [4.78, 5) is 28.1. The van der Waals surface area contributed by atoms with Crippen molar-refractivity contribution in [3.05, 3.63) is 83.6 Å². The molecule has 0 saturated heterocycles. The van der Waals surface area contributed by atoms with Gasteiger partial charge in [0, 0.05) is 6.20 Å². The summed E-state index contributed by atoms with van der Waals surface area (Å²) in [5.41, 5.74) is 0.382. The maximum Gasteiger partial charge on any atom is 0.339 e. The van der Waals surface area contributed by atoms with Gasteiger partial charge in [-0.2, -0.15) is 0 Å². The van der Waals surface area contributed by atoms with Crippen LogP contribution in [0.25, 0.3) is 0 Å². The van der Waals surface area contributed by atoms with Crippen LogP contribution in [0.4, 0.5) is 26.0 Å². The lowest BCUT2D eigenvalue weighted by atomic mass is 10.1. The van der Waals surface area contributed by atoms with Crippen molar-refractivity contribution in [1.29, 1.82) is 0 Å². The molecule has 0 bridgehead atoms. The topological polar surface area (TPSA) is 80.3 Å². The lowest BCUT2D eigenvalue weighted by Gasteiger charge is -2.11. The van der Waals surface area contributed by atoms with Crippen LogP contribution in [0.2, 0.25) is 0 Å². The molecule has 1 heterocycles. The van der Waals surface area contributed by atoms with Gasteiger partial charge in [0.25, 0.3) is 5.91 Å². The summed E-state index contributed by atoms with van der Waals surface area (Å²) in [7, 11) is 1.28. The fourth-order valence-corrected chi connectivity index (χ4v) is 2.42. The van der Waals surface area contributed by atoms with E-state index in [9.17, 15) is 18.4 Å². The number of carbonyl (C=O) groups excluding carboxylic acids is 2. The molecule has 3 aromatic rings. The number of benzene rings is 2. The fourth-order valence-electron chi connectivity index (χ4n) is 2.42. The van der Waals surface area contributed by atoms with E-state index in [4.69, 9.17) is 4.74 Å². The van der Waals surface area contributed by atoms with Gasteiger partial charge in [0.15, 0.2) is 0 Å². The standard InChI is InChI=1S/C20H15F2N3O3/c1-28-20(27)13-5-2-3-8-16(13)24-17-10-9-12(11-23-17)19(26)25-18-14(21)6-4-7-15(18)22/h2-11H,1H3,(H,23,24)(H,25,26). The lowest BCUT2D eigenvalue weighted by Crippen LogP contribution is -2.14. The number of hydrogen-bond donors (Lipinski definition) is 2. The zero-order chi connectivity index (χ0) is 20.1. The number of halogens is 2. The van der Waals surface area contributed by atoms with E-state index >= 15 is 0 Å². The molecular formula is C20H15F2N3O3. The zero-order valence-electron chi connectivity index (χ0n) is 14.7. The third-order valence-corrected chi connectivity index (χ3v) is 3.82. The Bertz CT molecular complexity index is 1000. The molecule has 0 spiro atoms. The van der Waals surface area contributed by atoms with Crippen molar-refractivity contribution in [2.24, 2.45) is 0 Å². The SMILES string of the molecule is COC(=O)c1ccccc1Nc1ccc(C(=O)Nc2c(F)cccc2F)cn1. The van der Waals surface area contributed by atoms with Gasteiger partial charge < -0.3 is 15.4 Å². The number of ether oxygens (including phenoxy) is 1. The molecule has 0 unspecified atom stereocenters. The Hall–Kier alpha value is -3.81. The van der Waals surface area contributed by atoms with Crippen LogP contribution in [0.1, 0.15) is 20.7 Å². The van der Waals surface area contributed by atoms with Crippen molar-refractivity contribution in [3.63, 3.8) is 0 Å². The predicted molar refractivity (Wildman–Crippen MR) is 99.6 cm³/mol. The Morgan fingerprint density at radius 2 is 1.68 bits per heavy atom. The number of aromatic nitrogens is 1. The Kier molecular flexibility index (Phi) is 5.59. The maximum absolute atomic E-state index is 13.6. The van der Waals surface area contributed by atoms with E-state index in [-0.39, 0.29) is 5.56 Å². The number of carbonyl (C=O) groups is 2. The van der Waals surface area contributed by atoms with Crippen molar-refractivity contribution in [2.75, 3.05) is 17.7 Å². The first-order valence-electron chi connectivity index (χ1n) is 8.15. The van der Waals surface area contributed by atoms with E-state index in [1.165, 1.54) is 31.5 Å². The van der Waals surface area contributed by atoms with Crippen LogP contribution in [-0.2, 0) is 4.74 Å². The molecule has 0 fully saturated rings. The van der Waals surface area contributed by atoms with Crippen LogP contribution >= 0.6 is 0 Å². The van der Waals surface area contributed by atoms with Gasteiger partial charge in [0.05, 0.1) is 23.9 Å². The number of pyridine rings is 1. The van der Waals surface area contributed by atoms with E-state index < -0.39 is 29.2 Å². The van der Waals surface area contributed by atoms with Gasteiger partial charge in [-0.1, -0.05) is 18.2 Å². The molecule has 0 aliphatic carbocycles. The number of para-hydroxylation sites is 2. The van der Waals surface area contributed by atoms with Gasteiger partial charge in [-0.25, -0.2) is 18.6 Å². The van der Waals surface area contributed by atoms with Gasteiger partial charge in [0.2, 0.25) is 0 Å². The monoisotopic (exact) mass is 383 g/mol. The quantitative estimate of drug-likeness (QED) is 0.647. The van der Waals surface area contributed by atoms with Crippen LogP contribution in [-0.4, -0.2) is 24.0 Å². The average molecular weight is 383 g/mol. The second-order valence-corrected chi connectivity index (χ2v) is 5.65. The molecule has 2 N–H and O–H groups in total. The van der Waals surface area contributed by atoms with E-state index in [0.717, 1.165) is 12.1 Å². The van der Waals surface area contributed by atoms with Gasteiger partial charge in [-0.3, -0.25) is 4.79 Å². The van der Waals surface area contributed by atoms with Gasteiger partial charge >= 0.3 is 5.97 Å². The largest absolute Gasteiger partial charge is 0.465 e. The predicted octanol–water partition coefficient (Wildman–Crippen LogP) is 4.14. The number of esters is 1. The molecule has 6 nitrogen and oxygen atoms in total. The van der Waals surface area contributed by atoms with Crippen molar-refractivity contribution < 1.29 is 23.1 Å².